The van der Waals surface area contributed by atoms with E-state index in [-0.39, 0.29) is 18.6 Å². The van der Waals surface area contributed by atoms with Gasteiger partial charge in [-0.05, 0) is 5.56 Å². The monoisotopic (exact) mass is 279 g/mol. The molecule has 0 aliphatic heterocycles. The highest BCUT2D eigenvalue weighted by atomic mass is 35.5. The van der Waals surface area contributed by atoms with Crippen LogP contribution in [0.4, 0.5) is 11.8 Å². The number of aliphatic hydroxyl groups excluding tert-OH is 1. The van der Waals surface area contributed by atoms with Crippen molar-refractivity contribution in [3.8, 4) is 0 Å². The topological polar surface area (TPSA) is 96.1 Å². The fourth-order valence-corrected chi connectivity index (χ4v) is 1.77. The lowest BCUT2D eigenvalue weighted by atomic mass is 10.1. The molecule has 0 aliphatic carbocycles. The number of benzene rings is 1. The van der Waals surface area contributed by atoms with Crippen LogP contribution < -0.4 is 16.6 Å². The van der Waals surface area contributed by atoms with Crippen LogP contribution in [0.3, 0.4) is 0 Å². The summed E-state index contributed by atoms with van der Waals surface area (Å²) in [7, 11) is 0. The van der Waals surface area contributed by atoms with Gasteiger partial charge in [0.05, 0.1) is 18.8 Å². The van der Waals surface area contributed by atoms with E-state index in [2.05, 4.69) is 20.7 Å². The Labute approximate surface area is 115 Å². The van der Waals surface area contributed by atoms with Crippen molar-refractivity contribution >= 4 is 23.4 Å². The van der Waals surface area contributed by atoms with Crippen molar-refractivity contribution in [2.24, 2.45) is 5.84 Å². The third kappa shape index (κ3) is 3.31. The highest BCUT2D eigenvalue weighted by Gasteiger charge is 2.13. The van der Waals surface area contributed by atoms with Crippen molar-refractivity contribution in [2.45, 2.75) is 6.04 Å². The van der Waals surface area contributed by atoms with Crippen molar-refractivity contribution in [3.05, 3.63) is 47.1 Å². The standard InChI is InChI=1S/C12H14ClN5O/c13-9-6-15-12(18-14)17-11(9)16-10(7-19)8-4-2-1-3-5-8/h1-6,10,19H,7,14H2,(H2,15,16,17,18). The second-order valence-corrected chi connectivity index (χ2v) is 4.23. The van der Waals surface area contributed by atoms with Gasteiger partial charge in [0.1, 0.15) is 5.02 Å². The Kier molecular flexibility index (Phi) is 4.51. The molecule has 0 saturated heterocycles. The summed E-state index contributed by atoms with van der Waals surface area (Å²) in [6.07, 6.45) is 1.44. The third-order valence-electron chi connectivity index (χ3n) is 2.57. The Morgan fingerprint density at radius 3 is 2.68 bits per heavy atom. The van der Waals surface area contributed by atoms with Crippen LogP contribution in [0.1, 0.15) is 11.6 Å². The average Bonchev–Trinajstić information content (AvgIpc) is 2.47. The Bertz CT molecular complexity index is 537. The maximum atomic E-state index is 9.47. The molecule has 0 bridgehead atoms. The summed E-state index contributed by atoms with van der Waals surface area (Å²) in [6.45, 7) is -0.0876. The van der Waals surface area contributed by atoms with Crippen LogP contribution >= 0.6 is 11.6 Å². The first-order valence-electron chi connectivity index (χ1n) is 5.66. The van der Waals surface area contributed by atoms with E-state index < -0.39 is 0 Å². The van der Waals surface area contributed by atoms with Crippen molar-refractivity contribution in [2.75, 3.05) is 17.3 Å². The van der Waals surface area contributed by atoms with E-state index in [0.29, 0.717) is 10.8 Å². The van der Waals surface area contributed by atoms with Gasteiger partial charge in [-0.3, -0.25) is 5.43 Å². The third-order valence-corrected chi connectivity index (χ3v) is 2.85. The number of rotatable bonds is 5. The van der Waals surface area contributed by atoms with Gasteiger partial charge in [-0.1, -0.05) is 41.9 Å². The number of nitrogens with two attached hydrogens (primary N) is 1. The van der Waals surface area contributed by atoms with E-state index in [4.69, 9.17) is 17.4 Å². The Balaban J connectivity index is 2.23. The van der Waals surface area contributed by atoms with Crippen LogP contribution in [0.15, 0.2) is 36.5 Å². The molecule has 6 nitrogen and oxygen atoms in total. The Morgan fingerprint density at radius 1 is 1.32 bits per heavy atom. The number of aliphatic hydroxyl groups is 1. The predicted octanol–water partition coefficient (Wildman–Crippen LogP) is 1.56. The van der Waals surface area contributed by atoms with E-state index in [1.165, 1.54) is 6.20 Å². The van der Waals surface area contributed by atoms with Gasteiger partial charge in [0.2, 0.25) is 5.95 Å². The molecule has 0 radical (unpaired) electrons. The maximum Gasteiger partial charge on any atom is 0.239 e. The van der Waals surface area contributed by atoms with Gasteiger partial charge in [-0.2, -0.15) is 4.98 Å². The van der Waals surface area contributed by atoms with Gasteiger partial charge in [0.25, 0.3) is 0 Å². The number of hydrogen-bond donors (Lipinski definition) is 4. The fraction of sp³-hybridized carbons (Fsp3) is 0.167. The zero-order chi connectivity index (χ0) is 13.7. The molecule has 1 atom stereocenters. The molecule has 0 amide bonds. The second kappa shape index (κ2) is 6.33. The smallest absolute Gasteiger partial charge is 0.239 e. The number of anilines is 2. The minimum absolute atomic E-state index is 0.0876. The van der Waals surface area contributed by atoms with E-state index in [1.807, 2.05) is 30.3 Å². The molecule has 100 valence electrons. The molecule has 2 rings (SSSR count). The van der Waals surface area contributed by atoms with Gasteiger partial charge in [0.15, 0.2) is 5.82 Å². The molecular formula is C12H14ClN5O. The summed E-state index contributed by atoms with van der Waals surface area (Å²) in [5.74, 6) is 5.90. The summed E-state index contributed by atoms with van der Waals surface area (Å²) in [6, 6.07) is 9.21. The van der Waals surface area contributed by atoms with Crippen LogP contribution in [0.5, 0.6) is 0 Å². The molecule has 1 heterocycles. The first-order valence-corrected chi connectivity index (χ1v) is 6.04. The van der Waals surface area contributed by atoms with Crippen molar-refractivity contribution in [1.29, 1.82) is 0 Å². The molecule has 1 aromatic carbocycles. The summed E-state index contributed by atoms with van der Waals surface area (Å²) in [5, 5.41) is 12.9. The first-order chi connectivity index (χ1) is 9.24. The lowest BCUT2D eigenvalue weighted by Crippen LogP contribution is -2.17. The quantitative estimate of drug-likeness (QED) is 0.490. The minimum atomic E-state index is -0.306. The molecule has 1 unspecified atom stereocenters. The Hall–Kier alpha value is -1.89. The van der Waals surface area contributed by atoms with Crippen molar-refractivity contribution < 1.29 is 5.11 Å². The number of halogens is 1. The van der Waals surface area contributed by atoms with Crippen molar-refractivity contribution in [1.82, 2.24) is 9.97 Å². The van der Waals surface area contributed by atoms with E-state index in [0.717, 1.165) is 5.56 Å². The van der Waals surface area contributed by atoms with Gasteiger partial charge < -0.3 is 10.4 Å². The van der Waals surface area contributed by atoms with E-state index >= 15 is 0 Å². The number of hydrogen-bond acceptors (Lipinski definition) is 6. The predicted molar refractivity (Wildman–Crippen MR) is 74.7 cm³/mol. The summed E-state index contributed by atoms with van der Waals surface area (Å²) < 4.78 is 0. The minimum Gasteiger partial charge on any atom is -0.394 e. The van der Waals surface area contributed by atoms with Gasteiger partial charge in [0, 0.05) is 0 Å². The lowest BCUT2D eigenvalue weighted by molar-refractivity contribution is 0.276. The molecule has 1 aromatic heterocycles. The Morgan fingerprint density at radius 2 is 2.05 bits per heavy atom. The molecule has 7 heteroatoms. The first kappa shape index (κ1) is 13.5. The average molecular weight is 280 g/mol. The number of nitrogens with zero attached hydrogens (tertiary/aromatic N) is 2. The largest absolute Gasteiger partial charge is 0.394 e. The number of hydrazine groups is 1. The molecule has 2 aromatic rings. The molecule has 5 N–H and O–H groups in total. The zero-order valence-corrected chi connectivity index (χ0v) is 10.8. The summed E-state index contributed by atoms with van der Waals surface area (Å²) >= 11 is 6.00. The van der Waals surface area contributed by atoms with E-state index in [1.54, 1.807) is 0 Å². The second-order valence-electron chi connectivity index (χ2n) is 3.82. The number of nitrogen functional groups attached to an aromatic ring is 1. The van der Waals surface area contributed by atoms with Gasteiger partial charge >= 0.3 is 0 Å². The van der Waals surface area contributed by atoms with E-state index in [9.17, 15) is 5.11 Å². The van der Waals surface area contributed by atoms with Crippen LogP contribution in [0.2, 0.25) is 5.02 Å². The molecule has 0 saturated carbocycles. The highest BCUT2D eigenvalue weighted by molar-refractivity contribution is 6.32. The number of nitrogens with one attached hydrogen (secondary N) is 2. The summed E-state index contributed by atoms with van der Waals surface area (Å²) in [4.78, 5) is 7.98. The molecule has 0 spiro atoms. The molecule has 0 aliphatic rings. The van der Waals surface area contributed by atoms with Crippen LogP contribution in [-0.4, -0.2) is 21.7 Å². The summed E-state index contributed by atoms with van der Waals surface area (Å²) in [5.41, 5.74) is 3.27. The fourth-order valence-electron chi connectivity index (χ4n) is 1.62. The zero-order valence-electron chi connectivity index (χ0n) is 10.0. The normalized spacial score (nSPS) is 11.9. The SMILES string of the molecule is NNc1ncc(Cl)c(NC(CO)c2ccccc2)n1. The maximum absolute atomic E-state index is 9.47. The van der Waals surface area contributed by atoms with Crippen molar-refractivity contribution in [3.63, 3.8) is 0 Å². The molecular weight excluding hydrogens is 266 g/mol. The van der Waals surface area contributed by atoms with Crippen LogP contribution in [-0.2, 0) is 0 Å². The molecule has 0 fully saturated rings. The molecule has 19 heavy (non-hydrogen) atoms. The van der Waals surface area contributed by atoms with Gasteiger partial charge in [-0.25, -0.2) is 10.8 Å². The highest BCUT2D eigenvalue weighted by Crippen LogP contribution is 2.24. The van der Waals surface area contributed by atoms with Crippen LogP contribution in [0, 0.1) is 0 Å². The number of aromatic nitrogens is 2. The van der Waals surface area contributed by atoms with Gasteiger partial charge in [-0.15, -0.1) is 0 Å². The van der Waals surface area contributed by atoms with Crippen LogP contribution in [0.25, 0.3) is 0 Å². The lowest BCUT2D eigenvalue weighted by Gasteiger charge is -2.18.